The lowest BCUT2D eigenvalue weighted by molar-refractivity contribution is 1.21. The zero-order valence-corrected chi connectivity index (χ0v) is 27.0. The molecule has 45 heavy (non-hydrogen) atoms. The molecule has 0 N–H and O–H groups in total. The van der Waals surface area contributed by atoms with Crippen LogP contribution in [0.25, 0.3) is 12.2 Å². The molecule has 0 fully saturated rings. The smallest absolute Gasteiger partial charge is 0.0462 e. The number of aryl methyl sites for hydroxylation is 3. The van der Waals surface area contributed by atoms with Crippen molar-refractivity contribution in [1.29, 1.82) is 0 Å². The van der Waals surface area contributed by atoms with Gasteiger partial charge in [-0.05, 0) is 112 Å². The Morgan fingerprint density at radius 2 is 0.822 bits per heavy atom. The van der Waals surface area contributed by atoms with E-state index in [2.05, 4.69) is 196 Å². The zero-order chi connectivity index (χ0) is 31.8. The van der Waals surface area contributed by atoms with Crippen molar-refractivity contribution in [2.45, 2.75) is 34.6 Å². The topological polar surface area (TPSA) is 6.48 Å². The lowest BCUT2D eigenvalue weighted by Gasteiger charge is -2.26. The number of hydrogen-bond donors (Lipinski definition) is 0. The fourth-order valence-corrected chi connectivity index (χ4v) is 5.07. The molecule has 2 nitrogen and oxygen atoms in total. The molecular weight excluding hydrogens is 544 g/mol. The maximum atomic E-state index is 4.39. The van der Waals surface area contributed by atoms with Crippen molar-refractivity contribution in [1.82, 2.24) is 0 Å². The maximum absolute atomic E-state index is 4.39. The molecule has 5 aromatic carbocycles. The van der Waals surface area contributed by atoms with Crippen molar-refractivity contribution < 1.29 is 0 Å². The highest BCUT2D eigenvalue weighted by Gasteiger charge is 2.13. The normalized spacial score (nSPS) is 11.7. The van der Waals surface area contributed by atoms with Gasteiger partial charge in [-0.3, -0.25) is 0 Å². The van der Waals surface area contributed by atoms with E-state index < -0.39 is 0 Å². The molecule has 224 valence electrons. The summed E-state index contributed by atoms with van der Waals surface area (Å²) >= 11 is 0. The minimum absolute atomic E-state index is 0.911. The molecule has 0 aliphatic heterocycles. The first-order chi connectivity index (χ1) is 21.8. The Morgan fingerprint density at radius 3 is 1.20 bits per heavy atom. The molecule has 0 radical (unpaired) electrons. The molecule has 0 aromatic heterocycles. The summed E-state index contributed by atoms with van der Waals surface area (Å²) in [5.41, 5.74) is 13.7. The van der Waals surface area contributed by atoms with Crippen molar-refractivity contribution in [3.63, 3.8) is 0 Å². The van der Waals surface area contributed by atoms with Gasteiger partial charge < -0.3 is 9.80 Å². The van der Waals surface area contributed by atoms with Gasteiger partial charge in [0.05, 0.1) is 0 Å². The van der Waals surface area contributed by atoms with Gasteiger partial charge in [0, 0.05) is 34.1 Å². The number of benzene rings is 5. The summed E-state index contributed by atoms with van der Waals surface area (Å²) in [5, 5.41) is 0. The molecule has 0 saturated carbocycles. The Balaban J connectivity index is 1.36. The largest absolute Gasteiger partial charge is 0.311 e. The Kier molecular flexibility index (Phi) is 9.97. The van der Waals surface area contributed by atoms with Crippen molar-refractivity contribution >= 4 is 40.6 Å². The molecule has 0 aliphatic carbocycles. The van der Waals surface area contributed by atoms with Crippen LogP contribution in [0.2, 0.25) is 0 Å². The molecule has 5 aromatic rings. The average Bonchev–Trinajstić information content (AvgIpc) is 3.06. The predicted octanol–water partition coefficient (Wildman–Crippen LogP) is 12.4. The van der Waals surface area contributed by atoms with E-state index in [-0.39, 0.29) is 0 Å². The molecule has 0 aliphatic rings. The number of allylic oxidation sites excluding steroid dienone is 4. The molecule has 0 saturated heterocycles. The van der Waals surface area contributed by atoms with Crippen molar-refractivity contribution in [2.75, 3.05) is 9.80 Å². The van der Waals surface area contributed by atoms with Gasteiger partial charge in [-0.2, -0.15) is 0 Å². The molecule has 2 heteroatoms. The first kappa shape index (κ1) is 31.1. The van der Waals surface area contributed by atoms with Gasteiger partial charge in [0.15, 0.2) is 0 Å². The summed E-state index contributed by atoms with van der Waals surface area (Å²) in [6.45, 7) is 14.9. The summed E-state index contributed by atoms with van der Waals surface area (Å²) in [7, 11) is 0. The highest BCUT2D eigenvalue weighted by atomic mass is 15.1. The van der Waals surface area contributed by atoms with Gasteiger partial charge >= 0.3 is 0 Å². The Bertz CT molecular complexity index is 1760. The van der Waals surface area contributed by atoms with Gasteiger partial charge in [0.1, 0.15) is 0 Å². The number of rotatable bonds is 10. The third kappa shape index (κ3) is 7.99. The Morgan fingerprint density at radius 1 is 0.489 bits per heavy atom. The number of nitrogens with zero attached hydrogens (tertiary/aromatic N) is 2. The van der Waals surface area contributed by atoms with Crippen molar-refractivity contribution in [3.8, 4) is 0 Å². The van der Waals surface area contributed by atoms with Crippen LogP contribution in [0.4, 0.5) is 28.4 Å². The van der Waals surface area contributed by atoms with E-state index >= 15 is 0 Å². The van der Waals surface area contributed by atoms with E-state index in [9.17, 15) is 0 Å². The van der Waals surface area contributed by atoms with E-state index in [0.29, 0.717) is 0 Å². The minimum atomic E-state index is 0.911. The zero-order valence-electron chi connectivity index (χ0n) is 27.0. The van der Waals surface area contributed by atoms with Gasteiger partial charge in [0.25, 0.3) is 0 Å². The average molecular weight is 587 g/mol. The second-order valence-electron chi connectivity index (χ2n) is 11.6. The first-order valence-electron chi connectivity index (χ1n) is 15.5. The lowest BCUT2D eigenvalue weighted by Crippen LogP contribution is -2.14. The van der Waals surface area contributed by atoms with Gasteiger partial charge in [-0.1, -0.05) is 114 Å². The standard InChI is InChI=1S/C43H42N2/c1-7-32(2)8-15-36(6)44(39-22-9-33(3)10-23-39)40-28-18-37(19-29-40)16-17-38-20-30-43(31-21-38)45(41-24-11-34(4)12-25-41)42-26-13-35(5)14-27-42/h7-31H,6H2,1-5H3/b15-8-,17-16?,32-7-. The van der Waals surface area contributed by atoms with Crippen LogP contribution in [-0.2, 0) is 0 Å². The quantitative estimate of drug-likeness (QED) is 0.119. The van der Waals surface area contributed by atoms with Crippen LogP contribution in [0.3, 0.4) is 0 Å². The monoisotopic (exact) mass is 586 g/mol. The number of anilines is 5. The van der Waals surface area contributed by atoms with Crippen LogP contribution < -0.4 is 9.80 Å². The highest BCUT2D eigenvalue weighted by molar-refractivity contribution is 5.79. The van der Waals surface area contributed by atoms with E-state index in [0.717, 1.165) is 45.3 Å². The summed E-state index contributed by atoms with van der Waals surface area (Å²) < 4.78 is 0. The second-order valence-corrected chi connectivity index (χ2v) is 11.6. The fraction of sp³-hybridized carbons (Fsp3) is 0.116. The Hall–Kier alpha value is -5.34. The minimum Gasteiger partial charge on any atom is -0.311 e. The van der Waals surface area contributed by atoms with Crippen molar-refractivity contribution in [3.05, 3.63) is 185 Å². The third-order valence-electron chi connectivity index (χ3n) is 7.93. The summed E-state index contributed by atoms with van der Waals surface area (Å²) in [5.74, 6) is 0. The second kappa shape index (κ2) is 14.4. The van der Waals surface area contributed by atoms with E-state index in [1.165, 1.54) is 22.3 Å². The third-order valence-corrected chi connectivity index (χ3v) is 7.93. The fourth-order valence-electron chi connectivity index (χ4n) is 5.07. The van der Waals surface area contributed by atoms with Crippen LogP contribution in [0, 0.1) is 20.8 Å². The molecule has 0 heterocycles. The Labute approximate surface area is 269 Å². The lowest BCUT2D eigenvalue weighted by atomic mass is 10.1. The first-order valence-corrected chi connectivity index (χ1v) is 15.5. The van der Waals surface area contributed by atoms with E-state index in [1.807, 2.05) is 6.92 Å². The van der Waals surface area contributed by atoms with Crippen LogP contribution in [0.1, 0.15) is 41.7 Å². The van der Waals surface area contributed by atoms with Crippen LogP contribution in [-0.4, -0.2) is 0 Å². The molecule has 5 rings (SSSR count). The molecule has 0 bridgehead atoms. The molecule has 0 unspecified atom stereocenters. The molecule has 0 amide bonds. The van der Waals surface area contributed by atoms with Gasteiger partial charge in [-0.25, -0.2) is 0 Å². The summed E-state index contributed by atoms with van der Waals surface area (Å²) in [6.07, 6.45) is 10.6. The van der Waals surface area contributed by atoms with Crippen LogP contribution in [0.5, 0.6) is 0 Å². The van der Waals surface area contributed by atoms with Gasteiger partial charge in [-0.15, -0.1) is 0 Å². The molecular formula is C43H42N2. The number of hydrogen-bond acceptors (Lipinski definition) is 2. The highest BCUT2D eigenvalue weighted by Crippen LogP contribution is 2.35. The van der Waals surface area contributed by atoms with Crippen LogP contribution in [0.15, 0.2) is 157 Å². The van der Waals surface area contributed by atoms with Gasteiger partial charge in [0.2, 0.25) is 0 Å². The van der Waals surface area contributed by atoms with E-state index in [4.69, 9.17) is 0 Å². The summed E-state index contributed by atoms with van der Waals surface area (Å²) in [6, 6.07) is 43.3. The van der Waals surface area contributed by atoms with E-state index in [1.54, 1.807) is 0 Å². The maximum Gasteiger partial charge on any atom is 0.0462 e. The SMILES string of the molecule is C=C(/C=C\C(C)=C/C)N(c1ccc(C)cc1)c1ccc(C=Cc2ccc(N(c3ccc(C)cc3)c3ccc(C)cc3)cc2)cc1. The van der Waals surface area contributed by atoms with Crippen molar-refractivity contribution in [2.24, 2.45) is 0 Å². The predicted molar refractivity (Wildman–Crippen MR) is 197 cm³/mol. The van der Waals surface area contributed by atoms with Crippen LogP contribution >= 0.6 is 0 Å². The summed E-state index contributed by atoms with van der Waals surface area (Å²) in [4.78, 5) is 4.49. The molecule has 0 spiro atoms. The molecule has 0 atom stereocenters.